The third-order valence-corrected chi connectivity index (χ3v) is 4.47. The maximum absolute atomic E-state index is 10.1. The summed E-state index contributed by atoms with van der Waals surface area (Å²) in [5, 5.41) is 10.1. The van der Waals surface area contributed by atoms with Crippen LogP contribution in [0.25, 0.3) is 0 Å². The quantitative estimate of drug-likeness (QED) is 0.907. The largest absolute Gasteiger partial charge is 0.488 e. The number of piperidine rings is 1. The molecule has 104 valence electrons. The van der Waals surface area contributed by atoms with Gasteiger partial charge in [-0.1, -0.05) is 15.9 Å². The predicted molar refractivity (Wildman–Crippen MR) is 78.6 cm³/mol. The standard InChI is InChI=1S/C15H20BrNO2/c1-15(18)5-2-6-17(10-15)9-13-8-11-7-12(16)3-4-14(11)19-13/h3-4,7,13,18H,2,5-6,8-10H2,1H3. The van der Waals surface area contributed by atoms with E-state index in [0.29, 0.717) is 0 Å². The average molecular weight is 326 g/mol. The van der Waals surface area contributed by atoms with Crippen LogP contribution in [-0.2, 0) is 6.42 Å². The molecule has 0 bridgehead atoms. The first-order chi connectivity index (χ1) is 9.02. The summed E-state index contributed by atoms with van der Waals surface area (Å²) in [6, 6.07) is 6.19. The minimum Gasteiger partial charge on any atom is -0.488 e. The number of hydrogen-bond acceptors (Lipinski definition) is 3. The zero-order valence-corrected chi connectivity index (χ0v) is 12.8. The first-order valence-electron chi connectivity index (χ1n) is 6.92. The van der Waals surface area contributed by atoms with Crippen molar-refractivity contribution in [3.05, 3.63) is 28.2 Å². The number of halogens is 1. The van der Waals surface area contributed by atoms with Crippen LogP contribution >= 0.6 is 15.9 Å². The Morgan fingerprint density at radius 2 is 2.37 bits per heavy atom. The number of ether oxygens (including phenoxy) is 1. The highest BCUT2D eigenvalue weighted by molar-refractivity contribution is 9.10. The molecule has 2 aliphatic heterocycles. The summed E-state index contributed by atoms with van der Waals surface area (Å²) in [7, 11) is 0. The van der Waals surface area contributed by atoms with Gasteiger partial charge in [0.15, 0.2) is 0 Å². The molecular weight excluding hydrogens is 306 g/mol. The molecule has 1 saturated heterocycles. The lowest BCUT2D eigenvalue weighted by atomic mass is 9.95. The maximum atomic E-state index is 10.1. The average Bonchev–Trinajstić information content (AvgIpc) is 2.68. The monoisotopic (exact) mass is 325 g/mol. The van der Waals surface area contributed by atoms with Gasteiger partial charge in [-0.05, 0) is 50.1 Å². The van der Waals surface area contributed by atoms with Crippen LogP contribution in [0, 0.1) is 0 Å². The van der Waals surface area contributed by atoms with Crippen LogP contribution in [0.15, 0.2) is 22.7 Å². The fraction of sp³-hybridized carbons (Fsp3) is 0.600. The van der Waals surface area contributed by atoms with E-state index in [-0.39, 0.29) is 6.10 Å². The molecule has 3 nitrogen and oxygen atoms in total. The lowest BCUT2D eigenvalue weighted by molar-refractivity contribution is -0.0239. The van der Waals surface area contributed by atoms with E-state index in [1.54, 1.807) is 0 Å². The molecule has 1 aromatic carbocycles. The van der Waals surface area contributed by atoms with Gasteiger partial charge in [-0.25, -0.2) is 0 Å². The molecule has 0 aliphatic carbocycles. The summed E-state index contributed by atoms with van der Waals surface area (Å²) in [6.07, 6.45) is 3.16. The van der Waals surface area contributed by atoms with Crippen LogP contribution in [-0.4, -0.2) is 41.3 Å². The molecule has 19 heavy (non-hydrogen) atoms. The van der Waals surface area contributed by atoms with Crippen molar-refractivity contribution in [1.29, 1.82) is 0 Å². The van der Waals surface area contributed by atoms with E-state index in [1.165, 1.54) is 5.56 Å². The van der Waals surface area contributed by atoms with Gasteiger partial charge in [-0.15, -0.1) is 0 Å². The molecule has 1 aromatic rings. The molecule has 0 aromatic heterocycles. The smallest absolute Gasteiger partial charge is 0.123 e. The number of aliphatic hydroxyl groups is 1. The molecular formula is C15H20BrNO2. The Hall–Kier alpha value is -0.580. The van der Waals surface area contributed by atoms with Gasteiger partial charge in [0.2, 0.25) is 0 Å². The molecule has 0 saturated carbocycles. The third kappa shape index (κ3) is 3.12. The number of benzene rings is 1. The Morgan fingerprint density at radius 1 is 1.53 bits per heavy atom. The summed E-state index contributed by atoms with van der Waals surface area (Å²) >= 11 is 3.50. The minimum atomic E-state index is -0.535. The SMILES string of the molecule is CC1(O)CCCN(CC2Cc3cc(Br)ccc3O2)C1. The van der Waals surface area contributed by atoms with Gasteiger partial charge >= 0.3 is 0 Å². The summed E-state index contributed by atoms with van der Waals surface area (Å²) in [5.74, 6) is 1.01. The molecule has 2 heterocycles. The zero-order chi connectivity index (χ0) is 13.5. The van der Waals surface area contributed by atoms with Gasteiger partial charge in [-0.2, -0.15) is 0 Å². The van der Waals surface area contributed by atoms with Crippen molar-refractivity contribution >= 4 is 15.9 Å². The van der Waals surface area contributed by atoms with Gasteiger partial charge in [0.05, 0.1) is 5.60 Å². The van der Waals surface area contributed by atoms with Crippen LogP contribution in [0.1, 0.15) is 25.3 Å². The zero-order valence-electron chi connectivity index (χ0n) is 11.2. The lowest BCUT2D eigenvalue weighted by Crippen LogP contribution is -2.49. The van der Waals surface area contributed by atoms with Gasteiger partial charge in [0.25, 0.3) is 0 Å². The highest BCUT2D eigenvalue weighted by Gasteiger charge is 2.31. The summed E-state index contributed by atoms with van der Waals surface area (Å²) in [6.45, 7) is 4.66. The highest BCUT2D eigenvalue weighted by Crippen LogP contribution is 2.32. The van der Waals surface area contributed by atoms with Gasteiger partial charge in [0.1, 0.15) is 11.9 Å². The van der Waals surface area contributed by atoms with Crippen LogP contribution in [0.5, 0.6) is 5.75 Å². The van der Waals surface area contributed by atoms with E-state index in [0.717, 1.165) is 49.1 Å². The molecule has 1 N–H and O–H groups in total. The van der Waals surface area contributed by atoms with Crippen molar-refractivity contribution in [3.63, 3.8) is 0 Å². The van der Waals surface area contributed by atoms with Crippen LogP contribution in [0.3, 0.4) is 0 Å². The number of likely N-dealkylation sites (tertiary alicyclic amines) is 1. The Bertz CT molecular complexity index is 475. The highest BCUT2D eigenvalue weighted by atomic mass is 79.9. The Balaban J connectivity index is 1.61. The molecule has 3 rings (SSSR count). The fourth-order valence-corrected chi connectivity index (χ4v) is 3.57. The number of fused-ring (bicyclic) bond motifs is 1. The fourth-order valence-electron chi connectivity index (χ4n) is 3.16. The normalized spacial score (nSPS) is 31.0. The van der Waals surface area contributed by atoms with Crippen LogP contribution in [0.4, 0.5) is 0 Å². The molecule has 2 aliphatic rings. The first kappa shape index (κ1) is 13.4. The first-order valence-corrected chi connectivity index (χ1v) is 7.71. The molecule has 0 radical (unpaired) electrons. The summed E-state index contributed by atoms with van der Waals surface area (Å²) in [5.41, 5.74) is 0.746. The second-order valence-corrected chi connectivity index (χ2v) is 6.95. The second kappa shape index (κ2) is 5.08. The molecule has 2 unspecified atom stereocenters. The molecule has 4 heteroatoms. The Morgan fingerprint density at radius 3 is 3.16 bits per heavy atom. The van der Waals surface area contributed by atoms with Crippen LogP contribution in [0.2, 0.25) is 0 Å². The van der Waals surface area contributed by atoms with Crippen molar-refractivity contribution < 1.29 is 9.84 Å². The van der Waals surface area contributed by atoms with Crippen molar-refractivity contribution in [2.45, 2.75) is 37.9 Å². The van der Waals surface area contributed by atoms with Crippen molar-refractivity contribution in [1.82, 2.24) is 4.90 Å². The molecule has 0 amide bonds. The minimum absolute atomic E-state index is 0.221. The third-order valence-electron chi connectivity index (χ3n) is 3.98. The van der Waals surface area contributed by atoms with Crippen molar-refractivity contribution in [2.24, 2.45) is 0 Å². The number of β-amino-alcohol motifs (C(OH)–C–C–N with tert-alkyl or cyclic N) is 1. The number of hydrogen-bond donors (Lipinski definition) is 1. The number of rotatable bonds is 2. The molecule has 0 spiro atoms. The van der Waals surface area contributed by atoms with E-state index in [1.807, 2.05) is 19.1 Å². The van der Waals surface area contributed by atoms with Gasteiger partial charge in [-0.3, -0.25) is 4.90 Å². The van der Waals surface area contributed by atoms with Gasteiger partial charge < -0.3 is 9.84 Å². The van der Waals surface area contributed by atoms with E-state index >= 15 is 0 Å². The Kier molecular flexibility index (Phi) is 3.58. The van der Waals surface area contributed by atoms with Gasteiger partial charge in [0, 0.05) is 24.0 Å². The van der Waals surface area contributed by atoms with E-state index in [9.17, 15) is 5.11 Å². The molecule has 2 atom stereocenters. The van der Waals surface area contributed by atoms with E-state index in [4.69, 9.17) is 4.74 Å². The van der Waals surface area contributed by atoms with Crippen molar-refractivity contribution in [3.8, 4) is 5.75 Å². The summed E-state index contributed by atoms with van der Waals surface area (Å²) in [4.78, 5) is 2.33. The van der Waals surface area contributed by atoms with E-state index < -0.39 is 5.60 Å². The van der Waals surface area contributed by atoms with Crippen LogP contribution < -0.4 is 4.74 Å². The Labute approximate surface area is 122 Å². The van der Waals surface area contributed by atoms with E-state index in [2.05, 4.69) is 26.9 Å². The lowest BCUT2D eigenvalue weighted by Gasteiger charge is -2.37. The summed E-state index contributed by atoms with van der Waals surface area (Å²) < 4.78 is 7.10. The number of nitrogens with zero attached hydrogens (tertiary/aromatic N) is 1. The predicted octanol–water partition coefficient (Wildman–Crippen LogP) is 2.60. The second-order valence-electron chi connectivity index (χ2n) is 6.03. The molecule has 1 fully saturated rings. The van der Waals surface area contributed by atoms with Crippen molar-refractivity contribution in [2.75, 3.05) is 19.6 Å². The topological polar surface area (TPSA) is 32.7 Å². The maximum Gasteiger partial charge on any atom is 0.123 e.